The second-order valence-corrected chi connectivity index (χ2v) is 7.09. The molecule has 0 spiro atoms. The summed E-state index contributed by atoms with van der Waals surface area (Å²) in [4.78, 5) is 4.50. The van der Waals surface area contributed by atoms with Gasteiger partial charge in [0.05, 0.1) is 19.0 Å². The van der Waals surface area contributed by atoms with E-state index < -0.39 is 12.8 Å². The zero-order valence-corrected chi connectivity index (χ0v) is 16.0. The predicted octanol–water partition coefficient (Wildman–Crippen LogP) is 6.60. The van der Waals surface area contributed by atoms with E-state index in [4.69, 9.17) is 9.47 Å². The summed E-state index contributed by atoms with van der Waals surface area (Å²) < 4.78 is 48.6. The van der Waals surface area contributed by atoms with Crippen LogP contribution in [0.5, 0.6) is 11.5 Å². The molecule has 0 aliphatic carbocycles. The molecule has 0 fully saturated rings. The SMILES string of the molecule is COc1ccc(-c2ccc3cc(OCC(F)(F)F)c4cccc5ccc2c3c54)nc1. The van der Waals surface area contributed by atoms with E-state index in [1.807, 2.05) is 48.5 Å². The summed E-state index contributed by atoms with van der Waals surface area (Å²) >= 11 is 0. The average molecular weight is 407 g/mol. The number of benzene rings is 4. The first-order valence-electron chi connectivity index (χ1n) is 9.35. The highest BCUT2D eigenvalue weighted by atomic mass is 19.4. The summed E-state index contributed by atoms with van der Waals surface area (Å²) in [6.07, 6.45) is -2.73. The van der Waals surface area contributed by atoms with E-state index in [9.17, 15) is 13.2 Å². The molecule has 3 nitrogen and oxygen atoms in total. The highest BCUT2D eigenvalue weighted by Crippen LogP contribution is 2.42. The summed E-state index contributed by atoms with van der Waals surface area (Å²) in [5, 5.41) is 5.29. The molecule has 0 amide bonds. The number of hydrogen-bond acceptors (Lipinski definition) is 3. The standard InChI is InChI=1S/C24H16F3NO2/c1-29-16-7-10-20(28-12-16)17-8-6-15-11-21(30-13-24(25,26)27)19-4-2-3-14-5-9-18(17)23(15)22(14)19/h2-12H,13H2,1H3. The molecule has 0 unspecified atom stereocenters. The zero-order chi connectivity index (χ0) is 20.9. The van der Waals surface area contributed by atoms with Gasteiger partial charge in [0.1, 0.15) is 11.5 Å². The minimum Gasteiger partial charge on any atom is -0.495 e. The summed E-state index contributed by atoms with van der Waals surface area (Å²) in [5.74, 6) is 0.899. The molecular weight excluding hydrogens is 391 g/mol. The lowest BCUT2D eigenvalue weighted by Gasteiger charge is -2.17. The number of nitrogens with zero attached hydrogens (tertiary/aromatic N) is 1. The number of aromatic nitrogens is 1. The van der Waals surface area contributed by atoms with Crippen molar-refractivity contribution in [3.63, 3.8) is 0 Å². The van der Waals surface area contributed by atoms with Crippen LogP contribution < -0.4 is 9.47 Å². The summed E-state index contributed by atoms with van der Waals surface area (Å²) in [6.45, 7) is -1.33. The Morgan fingerprint density at radius 1 is 0.867 bits per heavy atom. The van der Waals surface area contributed by atoms with Crippen molar-refractivity contribution in [1.29, 1.82) is 0 Å². The fraction of sp³-hybridized carbons (Fsp3) is 0.125. The van der Waals surface area contributed by atoms with Gasteiger partial charge >= 0.3 is 6.18 Å². The monoisotopic (exact) mass is 407 g/mol. The van der Waals surface area contributed by atoms with Crippen molar-refractivity contribution in [2.75, 3.05) is 13.7 Å². The maximum absolute atomic E-state index is 12.8. The highest BCUT2D eigenvalue weighted by Gasteiger charge is 2.29. The van der Waals surface area contributed by atoms with Gasteiger partial charge in [-0.2, -0.15) is 13.2 Å². The fourth-order valence-corrected chi connectivity index (χ4v) is 3.96. The number of rotatable bonds is 4. The van der Waals surface area contributed by atoms with E-state index in [0.717, 1.165) is 38.2 Å². The molecule has 6 heteroatoms. The highest BCUT2D eigenvalue weighted by molar-refractivity contribution is 6.26. The second kappa shape index (κ2) is 6.76. The van der Waals surface area contributed by atoms with Gasteiger partial charge < -0.3 is 9.47 Å². The van der Waals surface area contributed by atoms with Gasteiger partial charge in [0.25, 0.3) is 0 Å². The molecule has 1 aromatic heterocycles. The Morgan fingerprint density at radius 3 is 2.40 bits per heavy atom. The van der Waals surface area contributed by atoms with Gasteiger partial charge in [-0.15, -0.1) is 0 Å². The van der Waals surface area contributed by atoms with Crippen LogP contribution in [-0.4, -0.2) is 24.9 Å². The van der Waals surface area contributed by atoms with Crippen molar-refractivity contribution < 1.29 is 22.6 Å². The largest absolute Gasteiger partial charge is 0.495 e. The Kier molecular flexibility index (Phi) is 4.17. The topological polar surface area (TPSA) is 31.4 Å². The van der Waals surface area contributed by atoms with Crippen LogP contribution in [0.1, 0.15) is 0 Å². The number of alkyl halides is 3. The Balaban J connectivity index is 1.76. The van der Waals surface area contributed by atoms with Gasteiger partial charge in [0.2, 0.25) is 0 Å². The van der Waals surface area contributed by atoms with E-state index >= 15 is 0 Å². The van der Waals surface area contributed by atoms with Crippen molar-refractivity contribution in [2.45, 2.75) is 6.18 Å². The third-order valence-electron chi connectivity index (χ3n) is 5.25. The van der Waals surface area contributed by atoms with Gasteiger partial charge in [0.15, 0.2) is 6.61 Å². The normalized spacial score (nSPS) is 12.1. The third kappa shape index (κ3) is 3.05. The summed E-state index contributed by atoms with van der Waals surface area (Å²) in [6, 6.07) is 18.8. The van der Waals surface area contributed by atoms with Gasteiger partial charge in [-0.1, -0.05) is 42.5 Å². The van der Waals surface area contributed by atoms with Crippen LogP contribution in [0.3, 0.4) is 0 Å². The van der Waals surface area contributed by atoms with Crippen LogP contribution in [0.25, 0.3) is 43.6 Å². The molecule has 30 heavy (non-hydrogen) atoms. The molecule has 0 atom stereocenters. The number of halogens is 3. The zero-order valence-electron chi connectivity index (χ0n) is 16.0. The van der Waals surface area contributed by atoms with Crippen molar-refractivity contribution in [1.82, 2.24) is 4.98 Å². The number of pyridine rings is 1. The fourth-order valence-electron chi connectivity index (χ4n) is 3.96. The molecule has 0 N–H and O–H groups in total. The summed E-state index contributed by atoms with van der Waals surface area (Å²) in [5.41, 5.74) is 1.74. The Hall–Kier alpha value is -3.54. The molecule has 150 valence electrons. The van der Waals surface area contributed by atoms with E-state index in [1.54, 1.807) is 25.4 Å². The van der Waals surface area contributed by atoms with Crippen molar-refractivity contribution >= 4 is 32.3 Å². The molecule has 0 aliphatic heterocycles. The second-order valence-electron chi connectivity index (χ2n) is 7.09. The van der Waals surface area contributed by atoms with Gasteiger partial charge in [-0.05, 0) is 39.7 Å². The van der Waals surface area contributed by atoms with Crippen LogP contribution in [0.4, 0.5) is 13.2 Å². The van der Waals surface area contributed by atoms with Gasteiger partial charge in [-0.3, -0.25) is 4.98 Å². The molecule has 1 heterocycles. The first-order valence-corrected chi connectivity index (χ1v) is 9.35. The van der Waals surface area contributed by atoms with Crippen LogP contribution >= 0.6 is 0 Å². The Labute approximate surface area is 170 Å². The lowest BCUT2D eigenvalue weighted by atomic mass is 9.90. The third-order valence-corrected chi connectivity index (χ3v) is 5.25. The lowest BCUT2D eigenvalue weighted by molar-refractivity contribution is -0.153. The smallest absolute Gasteiger partial charge is 0.422 e. The minimum atomic E-state index is -4.40. The van der Waals surface area contributed by atoms with Crippen LogP contribution in [0, 0.1) is 0 Å². The molecule has 5 aromatic rings. The van der Waals surface area contributed by atoms with E-state index in [1.165, 1.54) is 0 Å². The first-order chi connectivity index (χ1) is 14.4. The molecule has 5 rings (SSSR count). The van der Waals surface area contributed by atoms with Gasteiger partial charge in [-0.25, -0.2) is 0 Å². The molecular formula is C24H16F3NO2. The Morgan fingerprint density at radius 2 is 1.67 bits per heavy atom. The molecule has 0 radical (unpaired) electrons. The number of methoxy groups -OCH3 is 1. The van der Waals surface area contributed by atoms with Gasteiger partial charge in [0, 0.05) is 16.3 Å². The molecule has 0 bridgehead atoms. The van der Waals surface area contributed by atoms with E-state index in [2.05, 4.69) is 4.98 Å². The maximum Gasteiger partial charge on any atom is 0.422 e. The Bertz CT molecular complexity index is 1360. The average Bonchev–Trinajstić information content (AvgIpc) is 2.75. The van der Waals surface area contributed by atoms with Crippen LogP contribution in [-0.2, 0) is 0 Å². The number of hydrogen-bond donors (Lipinski definition) is 0. The van der Waals surface area contributed by atoms with Crippen molar-refractivity contribution in [3.05, 3.63) is 66.9 Å². The van der Waals surface area contributed by atoms with Crippen molar-refractivity contribution in [2.24, 2.45) is 0 Å². The van der Waals surface area contributed by atoms with E-state index in [-0.39, 0.29) is 5.75 Å². The van der Waals surface area contributed by atoms with Crippen molar-refractivity contribution in [3.8, 4) is 22.8 Å². The molecule has 0 aliphatic rings. The molecule has 0 saturated heterocycles. The molecule has 0 saturated carbocycles. The maximum atomic E-state index is 12.8. The quantitative estimate of drug-likeness (QED) is 0.315. The molecule has 4 aromatic carbocycles. The lowest BCUT2D eigenvalue weighted by Crippen LogP contribution is -2.19. The summed E-state index contributed by atoms with van der Waals surface area (Å²) in [7, 11) is 1.59. The van der Waals surface area contributed by atoms with Crippen LogP contribution in [0.2, 0.25) is 0 Å². The number of ether oxygens (including phenoxy) is 2. The predicted molar refractivity (Wildman–Crippen MR) is 111 cm³/mol. The van der Waals surface area contributed by atoms with Crippen LogP contribution in [0.15, 0.2) is 66.9 Å². The first kappa shape index (κ1) is 18.5. The van der Waals surface area contributed by atoms with E-state index in [0.29, 0.717) is 11.1 Å². The minimum absolute atomic E-state index is 0.230.